The average Bonchev–Trinajstić information content (AvgIpc) is 2.63. The van der Waals surface area contributed by atoms with Gasteiger partial charge in [0.05, 0.1) is 26.4 Å². The number of carbonyl (C=O) groups is 1. The molecule has 10 heteroatoms. The summed E-state index contributed by atoms with van der Waals surface area (Å²) in [4.78, 5) is 28.7. The van der Waals surface area contributed by atoms with E-state index in [0.29, 0.717) is 69.7 Å². The van der Waals surface area contributed by atoms with Gasteiger partial charge in [0.25, 0.3) is 0 Å². The molecule has 2 aliphatic rings. The van der Waals surface area contributed by atoms with Crippen molar-refractivity contribution < 1.29 is 19.4 Å². The molecule has 2 fully saturated rings. The first-order valence-corrected chi connectivity index (χ1v) is 8.82. The van der Waals surface area contributed by atoms with Gasteiger partial charge in [0.15, 0.2) is 5.16 Å². The van der Waals surface area contributed by atoms with E-state index in [0.717, 1.165) is 11.8 Å². The molecule has 132 valence electrons. The molecular formula is C14H21N5O4S. The van der Waals surface area contributed by atoms with Crippen LogP contribution in [-0.2, 0) is 14.3 Å². The number of carboxylic acid groups (broad SMARTS) is 1. The summed E-state index contributed by atoms with van der Waals surface area (Å²) >= 11 is 1.13. The fraction of sp³-hybridized carbons (Fsp3) is 0.714. The van der Waals surface area contributed by atoms with E-state index in [2.05, 4.69) is 15.0 Å². The van der Waals surface area contributed by atoms with Gasteiger partial charge in [-0.05, 0) is 6.92 Å². The van der Waals surface area contributed by atoms with Crippen molar-refractivity contribution in [2.24, 2.45) is 0 Å². The van der Waals surface area contributed by atoms with Crippen molar-refractivity contribution in [3.05, 3.63) is 0 Å². The van der Waals surface area contributed by atoms with Crippen LogP contribution in [0.1, 0.15) is 6.92 Å². The monoisotopic (exact) mass is 355 g/mol. The van der Waals surface area contributed by atoms with E-state index < -0.39 is 11.2 Å². The van der Waals surface area contributed by atoms with Gasteiger partial charge in [-0.3, -0.25) is 4.79 Å². The molecular weight excluding hydrogens is 334 g/mol. The topological polar surface area (TPSA) is 101 Å². The highest BCUT2D eigenvalue weighted by Crippen LogP contribution is 2.25. The summed E-state index contributed by atoms with van der Waals surface area (Å²) in [7, 11) is 0. The molecule has 0 aliphatic carbocycles. The number of thioether (sulfide) groups is 1. The summed E-state index contributed by atoms with van der Waals surface area (Å²) in [5.41, 5.74) is 0. The third-order valence-electron chi connectivity index (χ3n) is 3.81. The van der Waals surface area contributed by atoms with Gasteiger partial charge in [-0.1, -0.05) is 11.8 Å². The molecule has 2 saturated heterocycles. The van der Waals surface area contributed by atoms with Crippen LogP contribution in [0, 0.1) is 0 Å². The number of carboxylic acids is 1. The van der Waals surface area contributed by atoms with Gasteiger partial charge in [0.1, 0.15) is 5.25 Å². The van der Waals surface area contributed by atoms with E-state index in [1.165, 1.54) is 0 Å². The standard InChI is InChI=1S/C14H21N5O4S/c1-10(11(20)21)24-14-16-12(18-2-6-22-7-3-18)15-13(17-14)19-4-8-23-9-5-19/h10H,2-9H2,1H3,(H,20,21). The van der Waals surface area contributed by atoms with Crippen molar-refractivity contribution >= 4 is 29.6 Å². The number of aromatic nitrogens is 3. The Labute approximate surface area is 144 Å². The van der Waals surface area contributed by atoms with Crippen molar-refractivity contribution in [1.29, 1.82) is 0 Å². The summed E-state index contributed by atoms with van der Waals surface area (Å²) < 4.78 is 10.7. The Morgan fingerprint density at radius 3 is 1.88 bits per heavy atom. The van der Waals surface area contributed by atoms with Crippen LogP contribution in [0.15, 0.2) is 5.16 Å². The molecule has 2 aliphatic heterocycles. The van der Waals surface area contributed by atoms with E-state index in [1.54, 1.807) is 6.92 Å². The second-order valence-corrected chi connectivity index (χ2v) is 6.82. The van der Waals surface area contributed by atoms with Crippen LogP contribution in [0.2, 0.25) is 0 Å². The summed E-state index contributed by atoms with van der Waals surface area (Å²) in [5, 5.41) is 8.94. The summed E-state index contributed by atoms with van der Waals surface area (Å²) in [6.45, 7) is 7.00. The van der Waals surface area contributed by atoms with Crippen LogP contribution < -0.4 is 9.80 Å². The van der Waals surface area contributed by atoms with Gasteiger partial charge in [-0.15, -0.1) is 0 Å². The minimum Gasteiger partial charge on any atom is -0.480 e. The van der Waals surface area contributed by atoms with Crippen molar-refractivity contribution in [2.45, 2.75) is 17.3 Å². The fourth-order valence-electron chi connectivity index (χ4n) is 2.41. The molecule has 0 saturated carbocycles. The summed E-state index contributed by atoms with van der Waals surface area (Å²) in [6.07, 6.45) is 0. The van der Waals surface area contributed by atoms with E-state index in [1.807, 2.05) is 9.80 Å². The van der Waals surface area contributed by atoms with E-state index in [-0.39, 0.29) is 0 Å². The SMILES string of the molecule is CC(Sc1nc(N2CCOCC2)nc(N2CCOCC2)n1)C(=O)O. The normalized spacial score (nSPS) is 20.0. The van der Waals surface area contributed by atoms with Crippen molar-refractivity contribution in [3.8, 4) is 0 Å². The average molecular weight is 355 g/mol. The van der Waals surface area contributed by atoms with Crippen molar-refractivity contribution in [2.75, 3.05) is 62.4 Å². The van der Waals surface area contributed by atoms with Gasteiger partial charge in [-0.25, -0.2) is 0 Å². The maximum Gasteiger partial charge on any atom is 0.316 e. The Bertz CT molecular complexity index is 542. The fourth-order valence-corrected chi connectivity index (χ4v) is 3.09. The molecule has 3 heterocycles. The Morgan fingerprint density at radius 1 is 1.00 bits per heavy atom. The van der Waals surface area contributed by atoms with Crippen LogP contribution in [0.4, 0.5) is 11.9 Å². The first-order valence-electron chi connectivity index (χ1n) is 7.94. The first kappa shape index (κ1) is 17.2. The Kier molecular flexibility index (Phi) is 5.69. The Balaban J connectivity index is 1.87. The number of nitrogens with zero attached hydrogens (tertiary/aromatic N) is 5. The van der Waals surface area contributed by atoms with E-state index in [9.17, 15) is 4.79 Å². The highest BCUT2D eigenvalue weighted by molar-refractivity contribution is 8.00. The third kappa shape index (κ3) is 4.25. The van der Waals surface area contributed by atoms with E-state index >= 15 is 0 Å². The van der Waals surface area contributed by atoms with Gasteiger partial charge in [0, 0.05) is 26.2 Å². The number of hydrogen-bond acceptors (Lipinski definition) is 9. The van der Waals surface area contributed by atoms with Crippen molar-refractivity contribution in [1.82, 2.24) is 15.0 Å². The number of anilines is 2. The second-order valence-electron chi connectivity index (χ2n) is 5.52. The minimum atomic E-state index is -0.888. The lowest BCUT2D eigenvalue weighted by Gasteiger charge is -2.30. The number of aliphatic carboxylic acids is 1. The highest BCUT2D eigenvalue weighted by atomic mass is 32.2. The molecule has 1 N–H and O–H groups in total. The largest absolute Gasteiger partial charge is 0.480 e. The molecule has 1 unspecified atom stereocenters. The zero-order valence-electron chi connectivity index (χ0n) is 13.6. The van der Waals surface area contributed by atoms with Crippen LogP contribution in [0.25, 0.3) is 0 Å². The van der Waals surface area contributed by atoms with Gasteiger partial charge in [0.2, 0.25) is 11.9 Å². The molecule has 1 atom stereocenters. The molecule has 0 radical (unpaired) electrons. The molecule has 0 amide bonds. The van der Waals surface area contributed by atoms with E-state index in [4.69, 9.17) is 14.6 Å². The third-order valence-corrected chi connectivity index (χ3v) is 4.76. The zero-order valence-corrected chi connectivity index (χ0v) is 14.4. The van der Waals surface area contributed by atoms with Crippen LogP contribution in [0.3, 0.4) is 0 Å². The van der Waals surface area contributed by atoms with Gasteiger partial charge < -0.3 is 24.4 Å². The maximum absolute atomic E-state index is 11.1. The lowest BCUT2D eigenvalue weighted by molar-refractivity contribution is -0.136. The quantitative estimate of drug-likeness (QED) is 0.732. The molecule has 0 bridgehead atoms. The molecule has 1 aromatic rings. The van der Waals surface area contributed by atoms with Crippen LogP contribution in [-0.4, -0.2) is 83.9 Å². The van der Waals surface area contributed by atoms with Crippen molar-refractivity contribution in [3.63, 3.8) is 0 Å². The predicted molar refractivity (Wildman–Crippen MR) is 88.8 cm³/mol. The minimum absolute atomic E-state index is 0.433. The predicted octanol–water partition coefficient (Wildman–Crippen LogP) is 0.110. The second kappa shape index (κ2) is 7.95. The summed E-state index contributed by atoms with van der Waals surface area (Å²) in [5.74, 6) is 0.269. The van der Waals surface area contributed by atoms with Gasteiger partial charge >= 0.3 is 5.97 Å². The lowest BCUT2D eigenvalue weighted by atomic mass is 10.4. The number of morpholine rings is 2. The number of hydrogen-bond donors (Lipinski definition) is 1. The summed E-state index contributed by atoms with van der Waals surface area (Å²) in [6, 6.07) is 0. The highest BCUT2D eigenvalue weighted by Gasteiger charge is 2.22. The smallest absolute Gasteiger partial charge is 0.316 e. The number of rotatable bonds is 5. The molecule has 0 aromatic carbocycles. The number of ether oxygens (including phenoxy) is 2. The zero-order chi connectivity index (χ0) is 16.9. The Morgan fingerprint density at radius 2 is 1.46 bits per heavy atom. The molecule has 24 heavy (non-hydrogen) atoms. The van der Waals surface area contributed by atoms with Crippen LogP contribution in [0.5, 0.6) is 0 Å². The molecule has 3 rings (SSSR count). The maximum atomic E-state index is 11.1. The molecule has 9 nitrogen and oxygen atoms in total. The Hall–Kier alpha value is -1.65. The first-order chi connectivity index (χ1) is 11.6. The van der Waals surface area contributed by atoms with Crippen LogP contribution >= 0.6 is 11.8 Å². The molecule has 0 spiro atoms. The molecule has 1 aromatic heterocycles. The van der Waals surface area contributed by atoms with Gasteiger partial charge in [-0.2, -0.15) is 15.0 Å². The lowest BCUT2D eigenvalue weighted by Crippen LogP contribution is -2.40.